The van der Waals surface area contributed by atoms with Crippen molar-refractivity contribution < 1.29 is 19.1 Å². The summed E-state index contributed by atoms with van der Waals surface area (Å²) in [5, 5.41) is 4.91. The molecular weight excluding hydrogens is 560 g/mol. The number of benzene rings is 3. The van der Waals surface area contributed by atoms with E-state index in [0.717, 1.165) is 22.0 Å². The van der Waals surface area contributed by atoms with Gasteiger partial charge in [0, 0.05) is 22.1 Å². The van der Waals surface area contributed by atoms with Crippen molar-refractivity contribution in [1.29, 1.82) is 0 Å². The number of nitrogens with zero attached hydrogens (tertiary/aromatic N) is 1. The van der Waals surface area contributed by atoms with E-state index in [1.807, 2.05) is 56.3 Å². The molecule has 0 aromatic heterocycles. The Bertz CT molecular complexity index is 1370. The molecule has 1 saturated heterocycles. The molecule has 4 rings (SSSR count). The molecule has 3 aromatic carbocycles. The fraction of sp³-hybridized carbons (Fsp3) is 0.222. The Balaban J connectivity index is 1.48. The molecule has 0 aliphatic carbocycles. The molecule has 2 amide bonds. The normalized spacial score (nSPS) is 14.7. The van der Waals surface area contributed by atoms with E-state index in [9.17, 15) is 9.59 Å². The average Bonchev–Trinajstić information content (AvgIpc) is 3.11. The molecule has 0 unspecified atom stereocenters. The Labute approximate surface area is 228 Å². The first-order valence-corrected chi connectivity index (χ1v) is 13.3. The van der Waals surface area contributed by atoms with Gasteiger partial charge in [0.05, 0.1) is 12.0 Å². The zero-order valence-corrected chi connectivity index (χ0v) is 23.3. The Morgan fingerprint density at radius 2 is 1.92 bits per heavy atom. The molecule has 0 atom stereocenters. The Morgan fingerprint density at radius 3 is 2.67 bits per heavy atom. The largest absolute Gasteiger partial charge is 0.493 e. The Morgan fingerprint density at radius 1 is 1.17 bits per heavy atom. The van der Waals surface area contributed by atoms with Gasteiger partial charge in [-0.05, 0) is 41.1 Å². The first kappa shape index (κ1) is 26.2. The third-order valence-corrected chi connectivity index (χ3v) is 7.48. The Kier molecular flexibility index (Phi) is 8.33. The van der Waals surface area contributed by atoms with Gasteiger partial charge in [0.2, 0.25) is 0 Å². The molecule has 1 N–H and O–H groups in total. The van der Waals surface area contributed by atoms with Gasteiger partial charge in [0.15, 0.2) is 18.1 Å². The number of nitrogens with one attached hydrogen (secondary N) is 1. The van der Waals surface area contributed by atoms with Crippen LogP contribution >= 0.6 is 39.9 Å². The number of carbonyl (C=O) groups is 2. The maximum atomic E-state index is 12.8. The Hall–Kier alpha value is -2.88. The van der Waals surface area contributed by atoms with Crippen molar-refractivity contribution >= 4 is 78.6 Å². The summed E-state index contributed by atoms with van der Waals surface area (Å²) in [6, 6.07) is 17.1. The minimum Gasteiger partial charge on any atom is -0.493 e. The number of anilines is 1. The maximum absolute atomic E-state index is 12.8. The van der Waals surface area contributed by atoms with E-state index in [2.05, 4.69) is 21.2 Å². The van der Waals surface area contributed by atoms with Crippen molar-refractivity contribution in [3.8, 4) is 11.5 Å². The molecule has 1 aliphatic heterocycles. The minimum absolute atomic E-state index is 0.102. The number of hydrogen-bond acceptors (Lipinski definition) is 6. The smallest absolute Gasteiger partial charge is 0.266 e. The lowest BCUT2D eigenvalue weighted by Gasteiger charge is -2.16. The predicted molar refractivity (Wildman–Crippen MR) is 153 cm³/mol. The molecule has 0 saturated carbocycles. The van der Waals surface area contributed by atoms with Crippen LogP contribution in [0.15, 0.2) is 64.0 Å². The van der Waals surface area contributed by atoms with Gasteiger partial charge in [-0.15, -0.1) is 0 Å². The molecule has 0 radical (unpaired) electrons. The number of amides is 2. The van der Waals surface area contributed by atoms with Gasteiger partial charge < -0.3 is 14.8 Å². The monoisotopic (exact) mass is 584 g/mol. The van der Waals surface area contributed by atoms with E-state index in [1.54, 1.807) is 23.1 Å². The summed E-state index contributed by atoms with van der Waals surface area (Å²) < 4.78 is 12.5. The molecule has 9 heteroatoms. The molecule has 6 nitrogen and oxygen atoms in total. The molecule has 186 valence electrons. The van der Waals surface area contributed by atoms with Crippen molar-refractivity contribution in [2.45, 2.75) is 13.8 Å². The maximum Gasteiger partial charge on any atom is 0.266 e. The zero-order chi connectivity index (χ0) is 25.8. The number of thiocarbonyl (C=S) groups is 1. The highest BCUT2D eigenvalue weighted by Crippen LogP contribution is 2.38. The van der Waals surface area contributed by atoms with Gasteiger partial charge in [-0.1, -0.05) is 90.2 Å². The lowest BCUT2D eigenvalue weighted by atomic mass is 10.1. The summed E-state index contributed by atoms with van der Waals surface area (Å²) in [5.74, 6) is 0.771. The highest BCUT2D eigenvalue weighted by Gasteiger charge is 2.32. The van der Waals surface area contributed by atoms with Crippen molar-refractivity contribution in [2.75, 3.05) is 25.6 Å². The van der Waals surface area contributed by atoms with E-state index in [1.165, 1.54) is 18.9 Å². The van der Waals surface area contributed by atoms with E-state index in [4.69, 9.17) is 21.7 Å². The van der Waals surface area contributed by atoms with Gasteiger partial charge in [0.25, 0.3) is 11.8 Å². The van der Waals surface area contributed by atoms with Crippen LogP contribution in [-0.2, 0) is 9.59 Å². The third kappa shape index (κ3) is 5.91. The van der Waals surface area contributed by atoms with Gasteiger partial charge in [-0.2, -0.15) is 0 Å². The SMILES string of the molecule is COc1cc(/C=C2/SC(=S)N(CC(C)C)C2=O)c(Br)cc1OCC(=O)Nc1cccc2ccccc12. The molecule has 0 bridgehead atoms. The number of halogens is 1. The first-order valence-electron chi connectivity index (χ1n) is 11.3. The molecule has 36 heavy (non-hydrogen) atoms. The fourth-order valence-corrected chi connectivity index (χ4v) is 5.46. The number of carbonyl (C=O) groups excluding carboxylic acids is 2. The minimum atomic E-state index is -0.289. The van der Waals surface area contributed by atoms with Crippen LogP contribution in [0.3, 0.4) is 0 Å². The molecule has 3 aromatic rings. The molecule has 1 aliphatic rings. The van der Waals surface area contributed by atoms with Crippen molar-refractivity contribution in [3.05, 3.63) is 69.5 Å². The quantitative estimate of drug-likeness (QED) is 0.241. The standard InChI is InChI=1S/C27H25BrN2O4S2/c1-16(2)14-30-26(32)24(36-27(30)35)12-18-11-22(33-3)23(13-20(18)28)34-15-25(31)29-21-10-6-8-17-7-4-5-9-19(17)21/h4-13,16H,14-15H2,1-3H3,(H,29,31)/b24-12+. The third-order valence-electron chi connectivity index (χ3n) is 5.41. The number of rotatable bonds is 8. The lowest BCUT2D eigenvalue weighted by molar-refractivity contribution is -0.122. The van der Waals surface area contributed by atoms with E-state index in [0.29, 0.717) is 37.7 Å². The van der Waals surface area contributed by atoms with Crippen molar-refractivity contribution in [3.63, 3.8) is 0 Å². The van der Waals surface area contributed by atoms with E-state index < -0.39 is 0 Å². The first-order chi connectivity index (χ1) is 17.3. The van der Waals surface area contributed by atoms with Crippen LogP contribution in [0.25, 0.3) is 16.8 Å². The molecule has 1 heterocycles. The van der Waals surface area contributed by atoms with Gasteiger partial charge in [-0.25, -0.2) is 0 Å². The van der Waals surface area contributed by atoms with Crippen LogP contribution in [-0.4, -0.2) is 41.3 Å². The highest BCUT2D eigenvalue weighted by atomic mass is 79.9. The number of thioether (sulfide) groups is 1. The number of hydrogen-bond donors (Lipinski definition) is 1. The summed E-state index contributed by atoms with van der Waals surface area (Å²) in [7, 11) is 1.53. The van der Waals surface area contributed by atoms with Crippen molar-refractivity contribution in [2.24, 2.45) is 5.92 Å². The summed E-state index contributed by atoms with van der Waals surface area (Å²) in [6.45, 7) is 4.48. The number of ether oxygens (including phenoxy) is 2. The van der Waals surface area contributed by atoms with E-state index in [-0.39, 0.29) is 18.4 Å². The summed E-state index contributed by atoms with van der Waals surface area (Å²) in [6.07, 6.45) is 1.78. The van der Waals surface area contributed by atoms with Crippen molar-refractivity contribution in [1.82, 2.24) is 4.90 Å². The van der Waals surface area contributed by atoms with Gasteiger partial charge in [-0.3, -0.25) is 14.5 Å². The second-order valence-electron chi connectivity index (χ2n) is 8.57. The van der Waals surface area contributed by atoms with Crippen LogP contribution in [0, 0.1) is 5.92 Å². The second kappa shape index (κ2) is 11.5. The summed E-state index contributed by atoms with van der Waals surface area (Å²) >= 11 is 10.2. The summed E-state index contributed by atoms with van der Waals surface area (Å²) in [4.78, 5) is 27.6. The lowest BCUT2D eigenvalue weighted by Crippen LogP contribution is -2.31. The van der Waals surface area contributed by atoms with E-state index >= 15 is 0 Å². The average molecular weight is 586 g/mol. The van der Waals surface area contributed by atoms with Crippen LogP contribution < -0.4 is 14.8 Å². The van der Waals surface area contributed by atoms with Crippen LogP contribution in [0.1, 0.15) is 19.4 Å². The molecule has 0 spiro atoms. The number of methoxy groups -OCH3 is 1. The van der Waals surface area contributed by atoms with Crippen LogP contribution in [0.2, 0.25) is 0 Å². The van der Waals surface area contributed by atoms with Crippen LogP contribution in [0.5, 0.6) is 11.5 Å². The second-order valence-corrected chi connectivity index (χ2v) is 11.1. The number of fused-ring (bicyclic) bond motifs is 1. The highest BCUT2D eigenvalue weighted by molar-refractivity contribution is 9.10. The summed E-state index contributed by atoms with van der Waals surface area (Å²) in [5.41, 5.74) is 1.46. The molecular formula is C27H25BrN2O4S2. The van der Waals surface area contributed by atoms with Gasteiger partial charge in [0.1, 0.15) is 4.32 Å². The van der Waals surface area contributed by atoms with Gasteiger partial charge >= 0.3 is 0 Å². The fourth-order valence-electron chi connectivity index (χ4n) is 3.76. The zero-order valence-electron chi connectivity index (χ0n) is 20.0. The van der Waals surface area contributed by atoms with Crippen LogP contribution in [0.4, 0.5) is 5.69 Å². The predicted octanol–water partition coefficient (Wildman–Crippen LogP) is 6.49. The topological polar surface area (TPSA) is 67.9 Å². The molecule has 1 fully saturated rings.